The van der Waals surface area contributed by atoms with E-state index < -0.39 is 0 Å². The summed E-state index contributed by atoms with van der Waals surface area (Å²) in [5.74, 6) is 0. The second-order valence-corrected chi connectivity index (χ2v) is 3.34. The van der Waals surface area contributed by atoms with Crippen molar-refractivity contribution in [3.63, 3.8) is 0 Å². The van der Waals surface area contributed by atoms with Crippen LogP contribution in [0.2, 0.25) is 0 Å². The summed E-state index contributed by atoms with van der Waals surface area (Å²) < 4.78 is 2.12. The number of imidazole rings is 1. The number of aromatic nitrogens is 2. The molecule has 0 N–H and O–H groups in total. The Labute approximate surface area is 92.3 Å². The third-order valence-corrected chi connectivity index (χ3v) is 2.17. The highest BCUT2D eigenvalue weighted by molar-refractivity contribution is 9.09. The number of aryl methyl sites for hydroxylation is 1. The summed E-state index contributed by atoms with van der Waals surface area (Å²) >= 11 is 3.41. The molecule has 1 aromatic heterocycles. The standard InChI is InChI=1S/C8H13BrN2.BrH/c9-4-2-1-3-6-11-7-5-10-8-11;/h5,7-8H,1-4,6H2;1H. The van der Waals surface area contributed by atoms with Gasteiger partial charge in [-0.15, -0.1) is 17.0 Å². The average molecular weight is 298 g/mol. The van der Waals surface area contributed by atoms with Crippen LogP contribution in [0.5, 0.6) is 0 Å². The molecule has 0 unspecified atom stereocenters. The van der Waals surface area contributed by atoms with Crippen LogP contribution in [0.3, 0.4) is 0 Å². The Balaban J connectivity index is 0.00000121. The topological polar surface area (TPSA) is 17.8 Å². The molecule has 0 aliphatic carbocycles. The number of rotatable bonds is 5. The second-order valence-electron chi connectivity index (χ2n) is 2.55. The van der Waals surface area contributed by atoms with Gasteiger partial charge in [0.2, 0.25) is 0 Å². The van der Waals surface area contributed by atoms with E-state index in [1.807, 2.05) is 18.7 Å². The Morgan fingerprint density at radius 1 is 1.25 bits per heavy atom. The first-order valence-electron chi connectivity index (χ1n) is 3.95. The van der Waals surface area contributed by atoms with E-state index in [2.05, 4.69) is 25.5 Å². The molecule has 4 heteroatoms. The van der Waals surface area contributed by atoms with Gasteiger partial charge in [0.1, 0.15) is 0 Å². The van der Waals surface area contributed by atoms with Crippen LogP contribution >= 0.6 is 32.9 Å². The zero-order valence-electron chi connectivity index (χ0n) is 6.95. The average Bonchev–Trinajstić information content (AvgIpc) is 2.50. The van der Waals surface area contributed by atoms with E-state index in [0.29, 0.717) is 0 Å². The van der Waals surface area contributed by atoms with Crippen LogP contribution in [-0.2, 0) is 6.54 Å². The molecule has 0 aromatic carbocycles. The minimum atomic E-state index is 0. The Bertz CT molecular complexity index is 175. The molecule has 0 radical (unpaired) electrons. The van der Waals surface area contributed by atoms with Gasteiger partial charge in [0, 0.05) is 24.3 Å². The van der Waals surface area contributed by atoms with Crippen LogP contribution in [0.25, 0.3) is 0 Å². The first-order valence-corrected chi connectivity index (χ1v) is 5.07. The molecule has 70 valence electrons. The lowest BCUT2D eigenvalue weighted by molar-refractivity contribution is 0.605. The van der Waals surface area contributed by atoms with Crippen molar-refractivity contribution in [3.8, 4) is 0 Å². The van der Waals surface area contributed by atoms with Crippen molar-refractivity contribution in [1.82, 2.24) is 9.55 Å². The third kappa shape index (κ3) is 4.93. The summed E-state index contributed by atoms with van der Waals surface area (Å²) in [5, 5.41) is 1.12. The van der Waals surface area contributed by atoms with Gasteiger partial charge in [-0.2, -0.15) is 0 Å². The molecule has 0 saturated heterocycles. The fraction of sp³-hybridized carbons (Fsp3) is 0.625. The van der Waals surface area contributed by atoms with Crippen molar-refractivity contribution in [2.24, 2.45) is 0 Å². The summed E-state index contributed by atoms with van der Waals surface area (Å²) in [7, 11) is 0. The van der Waals surface area contributed by atoms with Crippen LogP contribution < -0.4 is 0 Å². The highest BCUT2D eigenvalue weighted by Crippen LogP contribution is 2.00. The first kappa shape index (κ1) is 12.2. The largest absolute Gasteiger partial charge is 0.337 e. The van der Waals surface area contributed by atoms with Gasteiger partial charge in [-0.25, -0.2) is 4.98 Å². The molecule has 0 amide bonds. The van der Waals surface area contributed by atoms with E-state index in [-0.39, 0.29) is 17.0 Å². The zero-order valence-corrected chi connectivity index (χ0v) is 10.2. The van der Waals surface area contributed by atoms with Gasteiger partial charge < -0.3 is 4.57 Å². The zero-order chi connectivity index (χ0) is 7.94. The van der Waals surface area contributed by atoms with Gasteiger partial charge in [0.25, 0.3) is 0 Å². The highest BCUT2D eigenvalue weighted by atomic mass is 79.9. The molecule has 12 heavy (non-hydrogen) atoms. The molecular weight excluding hydrogens is 284 g/mol. The molecule has 1 rings (SSSR count). The van der Waals surface area contributed by atoms with Gasteiger partial charge in [-0.3, -0.25) is 0 Å². The minimum absolute atomic E-state index is 0. The van der Waals surface area contributed by atoms with Gasteiger partial charge in [0.05, 0.1) is 6.33 Å². The number of hydrogen-bond donors (Lipinski definition) is 0. The summed E-state index contributed by atoms with van der Waals surface area (Å²) in [5.41, 5.74) is 0. The van der Waals surface area contributed by atoms with E-state index in [4.69, 9.17) is 0 Å². The molecule has 0 spiro atoms. The van der Waals surface area contributed by atoms with Crippen LogP contribution in [0.15, 0.2) is 18.7 Å². The molecule has 0 bridgehead atoms. The molecule has 2 nitrogen and oxygen atoms in total. The van der Waals surface area contributed by atoms with E-state index in [1.165, 1.54) is 19.3 Å². The molecule has 0 atom stereocenters. The van der Waals surface area contributed by atoms with Crippen molar-refractivity contribution in [1.29, 1.82) is 0 Å². The second kappa shape index (κ2) is 7.80. The van der Waals surface area contributed by atoms with Crippen LogP contribution in [0.4, 0.5) is 0 Å². The fourth-order valence-corrected chi connectivity index (χ4v) is 1.38. The molecule has 0 fully saturated rings. The number of hydrogen-bond acceptors (Lipinski definition) is 1. The molecule has 1 aromatic rings. The normalized spacial score (nSPS) is 9.42. The SMILES string of the molecule is Br.BrCCCCCn1ccnc1. The maximum absolute atomic E-state index is 3.97. The van der Waals surface area contributed by atoms with Crippen molar-refractivity contribution in [2.75, 3.05) is 5.33 Å². The minimum Gasteiger partial charge on any atom is -0.337 e. The lowest BCUT2D eigenvalue weighted by Crippen LogP contribution is -1.93. The van der Waals surface area contributed by atoms with Crippen LogP contribution in [0.1, 0.15) is 19.3 Å². The van der Waals surface area contributed by atoms with Crippen LogP contribution in [-0.4, -0.2) is 14.9 Å². The Hall–Kier alpha value is 0.170. The lowest BCUT2D eigenvalue weighted by atomic mass is 10.2. The summed E-state index contributed by atoms with van der Waals surface area (Å²) in [6, 6.07) is 0. The Kier molecular flexibility index (Phi) is 7.91. The summed E-state index contributed by atoms with van der Waals surface area (Å²) in [6.07, 6.45) is 9.52. The summed E-state index contributed by atoms with van der Waals surface area (Å²) in [6.45, 7) is 1.10. The number of alkyl halides is 1. The first-order chi connectivity index (χ1) is 5.43. The van der Waals surface area contributed by atoms with E-state index in [9.17, 15) is 0 Å². The van der Waals surface area contributed by atoms with Gasteiger partial charge in [-0.05, 0) is 12.8 Å². The molecular formula is C8H14Br2N2. The number of unbranched alkanes of at least 4 members (excludes halogenated alkanes) is 2. The third-order valence-electron chi connectivity index (χ3n) is 1.61. The predicted molar refractivity (Wildman–Crippen MR) is 60.2 cm³/mol. The van der Waals surface area contributed by atoms with Crippen molar-refractivity contribution >= 4 is 32.9 Å². The highest BCUT2D eigenvalue weighted by Gasteiger charge is 1.89. The maximum atomic E-state index is 3.97. The van der Waals surface area contributed by atoms with Crippen LogP contribution in [0, 0.1) is 0 Å². The fourth-order valence-electron chi connectivity index (χ4n) is 0.985. The molecule has 0 saturated carbocycles. The van der Waals surface area contributed by atoms with E-state index in [0.717, 1.165) is 11.9 Å². The smallest absolute Gasteiger partial charge is 0.0945 e. The van der Waals surface area contributed by atoms with Gasteiger partial charge >= 0.3 is 0 Å². The predicted octanol–water partition coefficient (Wildman–Crippen LogP) is 3.03. The van der Waals surface area contributed by atoms with E-state index >= 15 is 0 Å². The van der Waals surface area contributed by atoms with Crippen molar-refractivity contribution in [2.45, 2.75) is 25.8 Å². The number of nitrogens with zero attached hydrogens (tertiary/aromatic N) is 2. The molecule has 0 aliphatic heterocycles. The molecule has 1 heterocycles. The van der Waals surface area contributed by atoms with Crippen molar-refractivity contribution in [3.05, 3.63) is 18.7 Å². The van der Waals surface area contributed by atoms with Gasteiger partial charge in [-0.1, -0.05) is 22.4 Å². The monoisotopic (exact) mass is 296 g/mol. The maximum Gasteiger partial charge on any atom is 0.0945 e. The van der Waals surface area contributed by atoms with Crippen molar-refractivity contribution < 1.29 is 0 Å². The Morgan fingerprint density at radius 3 is 2.67 bits per heavy atom. The van der Waals surface area contributed by atoms with E-state index in [1.54, 1.807) is 0 Å². The van der Waals surface area contributed by atoms with Gasteiger partial charge in [0.15, 0.2) is 0 Å². The number of halogens is 2. The quantitative estimate of drug-likeness (QED) is 0.603. The summed E-state index contributed by atoms with van der Waals surface area (Å²) in [4.78, 5) is 3.97. The Morgan fingerprint density at radius 2 is 2.08 bits per heavy atom. The lowest BCUT2D eigenvalue weighted by Gasteiger charge is -1.99. The molecule has 0 aliphatic rings.